The number of hydrogen-bond donors (Lipinski definition) is 1. The maximum Gasteiger partial charge on any atom is 0.490 e. The minimum atomic E-state index is -5.08. The van der Waals surface area contributed by atoms with Crippen LogP contribution in [0.1, 0.15) is 43.6 Å². The molecule has 1 aliphatic carbocycles. The van der Waals surface area contributed by atoms with Gasteiger partial charge >= 0.3 is 12.1 Å². The smallest absolute Gasteiger partial charge is 0.475 e. The zero-order valence-corrected chi connectivity index (χ0v) is 21.3. The van der Waals surface area contributed by atoms with E-state index in [1.165, 1.54) is 12.8 Å². The van der Waals surface area contributed by atoms with Crippen LogP contribution >= 0.6 is 23.2 Å². The summed E-state index contributed by atoms with van der Waals surface area (Å²) in [5.74, 6) is -2.03. The molecule has 1 fully saturated rings. The van der Waals surface area contributed by atoms with E-state index in [1.54, 1.807) is 6.07 Å². The van der Waals surface area contributed by atoms with Crippen LogP contribution in [-0.2, 0) is 11.3 Å². The van der Waals surface area contributed by atoms with E-state index < -0.39 is 12.1 Å². The van der Waals surface area contributed by atoms with E-state index in [-0.39, 0.29) is 5.91 Å². The molecular weight excluding hydrogens is 518 g/mol. The van der Waals surface area contributed by atoms with Crippen LogP contribution in [-0.4, -0.2) is 50.9 Å². The number of amides is 1. The Hall–Kier alpha value is -2.78. The molecule has 0 spiro atoms. The van der Waals surface area contributed by atoms with Crippen molar-refractivity contribution in [3.63, 3.8) is 0 Å². The van der Waals surface area contributed by atoms with Crippen molar-refractivity contribution in [1.29, 1.82) is 0 Å². The number of alkyl halides is 3. The van der Waals surface area contributed by atoms with Crippen molar-refractivity contribution in [1.82, 2.24) is 14.7 Å². The van der Waals surface area contributed by atoms with Crippen molar-refractivity contribution in [2.45, 2.75) is 45.8 Å². The molecule has 0 aliphatic heterocycles. The van der Waals surface area contributed by atoms with Crippen molar-refractivity contribution in [2.75, 3.05) is 13.1 Å². The van der Waals surface area contributed by atoms with Crippen molar-refractivity contribution < 1.29 is 27.9 Å². The summed E-state index contributed by atoms with van der Waals surface area (Å²) in [4.78, 5) is 24.4. The molecule has 1 heterocycles. The highest BCUT2D eigenvalue weighted by Crippen LogP contribution is 2.36. The lowest BCUT2D eigenvalue weighted by Gasteiger charge is -2.22. The first-order chi connectivity index (χ1) is 17.0. The predicted molar refractivity (Wildman–Crippen MR) is 133 cm³/mol. The molecule has 1 amide bonds. The maximum absolute atomic E-state index is 13.5. The summed E-state index contributed by atoms with van der Waals surface area (Å²) in [5, 5.41) is 14.0. The number of benzene rings is 2. The third-order valence-electron chi connectivity index (χ3n) is 5.69. The number of rotatable bonds is 7. The second kappa shape index (κ2) is 11.5. The van der Waals surface area contributed by atoms with Gasteiger partial charge in [-0.05, 0) is 44.2 Å². The summed E-state index contributed by atoms with van der Waals surface area (Å²) in [6, 6.07) is 11.4. The molecule has 0 radical (unpaired) electrons. The van der Waals surface area contributed by atoms with E-state index in [0.717, 1.165) is 41.5 Å². The standard InChI is InChI=1S/C23H25Cl2N3O.C2HF3O2/c1-3-12-27(14-15-8-9-15)23(29)22-19-7-5-6-18(21(19)26-28(22)4-2)17-11-10-16(24)13-20(17)25;3-2(4,5)1(6)7/h5-7,10-11,13,15H,3-4,8-9,12,14H2,1-2H3;(H,6,7). The van der Waals surface area contributed by atoms with Gasteiger partial charge in [0.2, 0.25) is 0 Å². The van der Waals surface area contributed by atoms with E-state index >= 15 is 0 Å². The van der Waals surface area contributed by atoms with E-state index in [2.05, 4.69) is 6.92 Å². The molecule has 1 saturated carbocycles. The number of nitrogens with zero attached hydrogens (tertiary/aromatic N) is 3. The first kappa shape index (κ1) is 27.8. The lowest BCUT2D eigenvalue weighted by atomic mass is 10.0. The Balaban J connectivity index is 0.000000454. The molecule has 0 unspecified atom stereocenters. The number of carboxylic acid groups (broad SMARTS) is 1. The van der Waals surface area contributed by atoms with E-state index in [4.69, 9.17) is 38.2 Å². The highest BCUT2D eigenvalue weighted by Gasteiger charge is 2.38. The van der Waals surface area contributed by atoms with Crippen LogP contribution in [0.3, 0.4) is 0 Å². The van der Waals surface area contributed by atoms with E-state index in [9.17, 15) is 18.0 Å². The van der Waals surface area contributed by atoms with Gasteiger partial charge in [0.15, 0.2) is 0 Å². The van der Waals surface area contributed by atoms with Crippen LogP contribution in [0.15, 0.2) is 36.4 Å². The highest BCUT2D eigenvalue weighted by atomic mass is 35.5. The summed E-state index contributed by atoms with van der Waals surface area (Å²) in [5.41, 5.74) is 3.24. The molecule has 6 nitrogen and oxygen atoms in total. The third-order valence-corrected chi connectivity index (χ3v) is 6.24. The van der Waals surface area contributed by atoms with Gasteiger partial charge in [0, 0.05) is 46.2 Å². The molecule has 1 aromatic heterocycles. The molecule has 0 bridgehead atoms. The SMILES string of the molecule is CCCN(CC1CC1)C(=O)c1c2cccc(-c3ccc(Cl)cc3Cl)c2nn1CC.O=C(O)C(F)(F)F. The van der Waals surface area contributed by atoms with Gasteiger partial charge in [-0.15, -0.1) is 0 Å². The summed E-state index contributed by atoms with van der Waals surface area (Å²) in [6.07, 6.45) is -1.69. The monoisotopic (exact) mass is 543 g/mol. The average Bonchev–Trinajstić information content (AvgIpc) is 3.55. The number of carboxylic acids is 1. The van der Waals surface area contributed by atoms with Gasteiger partial charge in [-0.2, -0.15) is 18.3 Å². The lowest BCUT2D eigenvalue weighted by Crippen LogP contribution is -2.35. The fraction of sp³-hybridized carbons (Fsp3) is 0.400. The molecule has 0 atom stereocenters. The van der Waals surface area contributed by atoms with Crippen LogP contribution in [0.5, 0.6) is 0 Å². The zero-order chi connectivity index (χ0) is 26.6. The minimum Gasteiger partial charge on any atom is -0.475 e. The van der Waals surface area contributed by atoms with Crippen molar-refractivity contribution in [2.24, 2.45) is 5.92 Å². The van der Waals surface area contributed by atoms with E-state index in [1.807, 2.05) is 46.8 Å². The van der Waals surface area contributed by atoms with E-state index in [0.29, 0.717) is 28.2 Å². The fourth-order valence-electron chi connectivity index (χ4n) is 3.84. The number of aromatic nitrogens is 2. The molecule has 1 N–H and O–H groups in total. The maximum atomic E-state index is 13.5. The number of halogens is 5. The summed E-state index contributed by atoms with van der Waals surface area (Å²) < 4.78 is 33.6. The van der Waals surface area contributed by atoms with Crippen molar-refractivity contribution >= 4 is 46.0 Å². The number of hydrogen-bond acceptors (Lipinski definition) is 3. The summed E-state index contributed by atoms with van der Waals surface area (Å²) in [6.45, 7) is 6.37. The number of aliphatic carboxylic acids is 1. The summed E-state index contributed by atoms with van der Waals surface area (Å²) >= 11 is 12.5. The second-order valence-electron chi connectivity index (χ2n) is 8.49. The van der Waals surface area contributed by atoms with Gasteiger partial charge in [0.25, 0.3) is 5.91 Å². The Kier molecular flexibility index (Phi) is 8.89. The van der Waals surface area contributed by atoms with Crippen molar-refractivity contribution in [3.05, 3.63) is 52.1 Å². The predicted octanol–water partition coefficient (Wildman–Crippen LogP) is 6.93. The van der Waals surface area contributed by atoms with Gasteiger partial charge in [-0.1, -0.05) is 54.4 Å². The Morgan fingerprint density at radius 2 is 1.81 bits per heavy atom. The molecule has 3 aromatic rings. The number of fused-ring (bicyclic) bond motifs is 1. The zero-order valence-electron chi connectivity index (χ0n) is 19.8. The van der Waals surface area contributed by atoms with Crippen LogP contribution in [0, 0.1) is 5.92 Å². The van der Waals surface area contributed by atoms with Crippen LogP contribution in [0.2, 0.25) is 10.0 Å². The van der Waals surface area contributed by atoms with Crippen LogP contribution in [0.25, 0.3) is 22.0 Å². The summed E-state index contributed by atoms with van der Waals surface area (Å²) in [7, 11) is 0. The third kappa shape index (κ3) is 6.50. The molecule has 194 valence electrons. The van der Waals surface area contributed by atoms with Gasteiger partial charge in [0.05, 0.1) is 0 Å². The van der Waals surface area contributed by atoms with Gasteiger partial charge < -0.3 is 10.0 Å². The Morgan fingerprint density at radius 1 is 1.14 bits per heavy atom. The highest BCUT2D eigenvalue weighted by molar-refractivity contribution is 6.36. The first-order valence-corrected chi connectivity index (χ1v) is 12.3. The molecule has 4 rings (SSSR count). The number of carbonyl (C=O) groups is 2. The fourth-order valence-corrected chi connectivity index (χ4v) is 4.35. The van der Waals surface area contributed by atoms with Gasteiger partial charge in [-0.3, -0.25) is 9.48 Å². The Morgan fingerprint density at radius 3 is 2.33 bits per heavy atom. The molecule has 36 heavy (non-hydrogen) atoms. The first-order valence-electron chi connectivity index (χ1n) is 11.5. The molecule has 0 saturated heterocycles. The lowest BCUT2D eigenvalue weighted by molar-refractivity contribution is -0.192. The number of carbonyl (C=O) groups excluding carboxylic acids is 1. The van der Waals surface area contributed by atoms with Gasteiger partial charge in [-0.25, -0.2) is 4.79 Å². The minimum absolute atomic E-state index is 0.0717. The average molecular weight is 544 g/mol. The molecule has 1 aliphatic rings. The second-order valence-corrected chi connectivity index (χ2v) is 9.33. The Labute approximate surface area is 216 Å². The topological polar surface area (TPSA) is 75.4 Å². The Bertz CT molecular complexity index is 1260. The van der Waals surface area contributed by atoms with Crippen molar-refractivity contribution in [3.8, 4) is 11.1 Å². The number of aryl methyl sites for hydroxylation is 1. The van der Waals surface area contributed by atoms with Crippen LogP contribution < -0.4 is 0 Å². The molecule has 2 aromatic carbocycles. The normalized spacial score (nSPS) is 13.3. The quantitative estimate of drug-likeness (QED) is 0.350. The molecular formula is C25H26Cl2F3N3O3. The van der Waals surface area contributed by atoms with Gasteiger partial charge in [0.1, 0.15) is 11.2 Å². The molecule has 11 heteroatoms. The largest absolute Gasteiger partial charge is 0.490 e. The van der Waals surface area contributed by atoms with Crippen LogP contribution in [0.4, 0.5) is 13.2 Å².